The summed E-state index contributed by atoms with van der Waals surface area (Å²) in [5.74, 6) is -2.07. The van der Waals surface area contributed by atoms with Crippen LogP contribution in [-0.4, -0.2) is 35.5 Å². The van der Waals surface area contributed by atoms with Crippen molar-refractivity contribution in [3.05, 3.63) is 35.4 Å². The highest BCUT2D eigenvalue weighted by Gasteiger charge is 2.34. The van der Waals surface area contributed by atoms with Gasteiger partial charge in [0, 0.05) is 31.0 Å². The second-order valence-corrected chi connectivity index (χ2v) is 7.05. The first kappa shape index (κ1) is 20.1. The van der Waals surface area contributed by atoms with E-state index in [2.05, 4.69) is 0 Å². The quantitative estimate of drug-likeness (QED) is 0.587. The molecule has 4 nitrogen and oxygen atoms in total. The number of hydrogen-bond acceptors (Lipinski definition) is 3. The van der Waals surface area contributed by atoms with Crippen LogP contribution < -0.4 is 0 Å². The van der Waals surface area contributed by atoms with E-state index in [-0.39, 0.29) is 24.4 Å². The molecule has 26 heavy (non-hydrogen) atoms. The summed E-state index contributed by atoms with van der Waals surface area (Å²) in [6, 6.07) is 4.31. The Hall–Kier alpha value is -2.18. The maximum Gasteiger partial charge on any atom is 0.416 e. The van der Waals surface area contributed by atoms with Crippen molar-refractivity contribution in [2.24, 2.45) is 11.8 Å². The first-order valence-corrected chi connectivity index (χ1v) is 8.63. The Kier molecular flexibility index (Phi) is 6.21. The highest BCUT2D eigenvalue weighted by atomic mass is 19.4. The van der Waals surface area contributed by atoms with Gasteiger partial charge in [0.05, 0.1) is 5.56 Å². The van der Waals surface area contributed by atoms with Crippen LogP contribution in [0.1, 0.15) is 49.0 Å². The predicted molar refractivity (Wildman–Crippen MR) is 89.5 cm³/mol. The van der Waals surface area contributed by atoms with Gasteiger partial charge in [-0.1, -0.05) is 26.0 Å². The molecule has 1 heterocycles. The van der Waals surface area contributed by atoms with Gasteiger partial charge < -0.3 is 4.90 Å². The third kappa shape index (κ3) is 4.93. The van der Waals surface area contributed by atoms with Crippen LogP contribution in [0.2, 0.25) is 0 Å². The summed E-state index contributed by atoms with van der Waals surface area (Å²) in [7, 11) is 0. The Labute approximate surface area is 150 Å². The number of piperidine rings is 1. The summed E-state index contributed by atoms with van der Waals surface area (Å²) in [6.07, 6.45) is -3.36. The highest BCUT2D eigenvalue weighted by molar-refractivity contribution is 6.36. The molecule has 1 fully saturated rings. The molecule has 0 spiro atoms. The Balaban J connectivity index is 2.11. The summed E-state index contributed by atoms with van der Waals surface area (Å²) in [4.78, 5) is 38.1. The standard InChI is InChI=1S/C19H22F3NO3/c1-12(2)9-16(24)18(26)23-8-4-6-14(11-23)17(25)13-5-3-7-15(10-13)19(20,21)22/h3,5,7,10,12,14H,4,6,8-9,11H2,1-2H3/t14-/m0/s1. The second-order valence-electron chi connectivity index (χ2n) is 7.05. The first-order chi connectivity index (χ1) is 12.1. The number of amides is 1. The van der Waals surface area contributed by atoms with E-state index in [0.29, 0.717) is 19.4 Å². The third-order valence-electron chi connectivity index (χ3n) is 4.39. The number of rotatable bonds is 5. The lowest BCUT2D eigenvalue weighted by atomic mass is 9.89. The van der Waals surface area contributed by atoms with Gasteiger partial charge in [-0.25, -0.2) is 0 Å². The molecule has 1 amide bonds. The molecule has 2 rings (SSSR count). The molecule has 1 atom stereocenters. The summed E-state index contributed by atoms with van der Waals surface area (Å²) in [5.41, 5.74) is -0.896. The van der Waals surface area contributed by atoms with Crippen molar-refractivity contribution in [1.29, 1.82) is 0 Å². The molecule has 1 aliphatic rings. The average molecular weight is 369 g/mol. The molecule has 0 unspecified atom stereocenters. The van der Waals surface area contributed by atoms with Crippen molar-refractivity contribution in [3.8, 4) is 0 Å². The molecule has 1 saturated heterocycles. The van der Waals surface area contributed by atoms with Gasteiger partial charge in [0.2, 0.25) is 5.78 Å². The zero-order chi connectivity index (χ0) is 19.5. The molecule has 0 bridgehead atoms. The fourth-order valence-corrected chi connectivity index (χ4v) is 3.09. The normalized spacial score (nSPS) is 18.1. The van der Waals surface area contributed by atoms with E-state index in [1.807, 2.05) is 13.8 Å². The topological polar surface area (TPSA) is 54.5 Å². The molecule has 0 N–H and O–H groups in total. The molecule has 7 heteroatoms. The minimum Gasteiger partial charge on any atom is -0.335 e. The monoisotopic (exact) mass is 369 g/mol. The van der Waals surface area contributed by atoms with E-state index in [1.165, 1.54) is 17.0 Å². The molecule has 0 saturated carbocycles. The number of carbonyl (C=O) groups is 3. The summed E-state index contributed by atoms with van der Waals surface area (Å²) >= 11 is 0. The molecule has 0 aliphatic carbocycles. The summed E-state index contributed by atoms with van der Waals surface area (Å²) < 4.78 is 38.5. The first-order valence-electron chi connectivity index (χ1n) is 8.63. The number of carbonyl (C=O) groups excluding carboxylic acids is 3. The van der Waals surface area contributed by atoms with Crippen LogP contribution in [0.3, 0.4) is 0 Å². The van der Waals surface area contributed by atoms with E-state index in [4.69, 9.17) is 0 Å². The van der Waals surface area contributed by atoms with E-state index in [9.17, 15) is 27.6 Å². The number of Topliss-reactive ketones (excluding diaryl/α,β-unsaturated/α-hetero) is 2. The second kappa shape index (κ2) is 8.01. The van der Waals surface area contributed by atoms with Gasteiger partial charge >= 0.3 is 6.18 Å². The Bertz CT molecular complexity index is 698. The molecule has 142 valence electrons. The van der Waals surface area contributed by atoms with E-state index in [0.717, 1.165) is 12.1 Å². The minimum atomic E-state index is -4.52. The van der Waals surface area contributed by atoms with Crippen molar-refractivity contribution in [2.75, 3.05) is 13.1 Å². The van der Waals surface area contributed by atoms with Crippen molar-refractivity contribution >= 4 is 17.5 Å². The lowest BCUT2D eigenvalue weighted by Crippen LogP contribution is -2.45. The van der Waals surface area contributed by atoms with Crippen LogP contribution in [0, 0.1) is 11.8 Å². The van der Waals surface area contributed by atoms with Gasteiger partial charge in [0.1, 0.15) is 0 Å². The number of halogens is 3. The van der Waals surface area contributed by atoms with E-state index in [1.54, 1.807) is 0 Å². The van der Waals surface area contributed by atoms with Crippen molar-refractivity contribution in [3.63, 3.8) is 0 Å². The SMILES string of the molecule is CC(C)CC(=O)C(=O)N1CCC[C@H](C(=O)c2cccc(C(F)(F)F)c2)C1. The van der Waals surface area contributed by atoms with E-state index < -0.39 is 35.1 Å². The molecule has 1 aliphatic heterocycles. The maximum atomic E-state index is 12.8. The molecule has 0 radical (unpaired) electrons. The van der Waals surface area contributed by atoms with Gasteiger partial charge in [-0.3, -0.25) is 14.4 Å². The van der Waals surface area contributed by atoms with Crippen LogP contribution in [0.5, 0.6) is 0 Å². The average Bonchev–Trinajstić information content (AvgIpc) is 2.59. The van der Waals surface area contributed by atoms with Crippen molar-refractivity contribution in [1.82, 2.24) is 4.90 Å². The zero-order valence-electron chi connectivity index (χ0n) is 14.8. The summed E-state index contributed by atoms with van der Waals surface area (Å²) in [6.45, 7) is 4.12. The largest absolute Gasteiger partial charge is 0.416 e. The Morgan fingerprint density at radius 2 is 1.92 bits per heavy atom. The van der Waals surface area contributed by atoms with Gasteiger partial charge in [-0.2, -0.15) is 13.2 Å². The lowest BCUT2D eigenvalue weighted by molar-refractivity contribution is -0.146. The molecular weight excluding hydrogens is 347 g/mol. The van der Waals surface area contributed by atoms with Crippen LogP contribution in [0.4, 0.5) is 13.2 Å². The maximum absolute atomic E-state index is 12.8. The van der Waals surface area contributed by atoms with Crippen molar-refractivity contribution < 1.29 is 27.6 Å². The van der Waals surface area contributed by atoms with Crippen LogP contribution in [0.25, 0.3) is 0 Å². The molecular formula is C19H22F3NO3. The Morgan fingerprint density at radius 1 is 1.23 bits per heavy atom. The van der Waals surface area contributed by atoms with Gasteiger partial charge in [0.25, 0.3) is 5.91 Å². The zero-order valence-corrected chi connectivity index (χ0v) is 14.8. The number of nitrogens with zero attached hydrogens (tertiary/aromatic N) is 1. The molecule has 1 aromatic carbocycles. The number of likely N-dealkylation sites (tertiary alicyclic amines) is 1. The van der Waals surface area contributed by atoms with Gasteiger partial charge in [-0.05, 0) is 30.9 Å². The number of benzene rings is 1. The Morgan fingerprint density at radius 3 is 2.54 bits per heavy atom. The summed E-state index contributed by atoms with van der Waals surface area (Å²) in [5, 5.41) is 0. The third-order valence-corrected chi connectivity index (χ3v) is 4.39. The van der Waals surface area contributed by atoms with Crippen LogP contribution in [0.15, 0.2) is 24.3 Å². The van der Waals surface area contributed by atoms with Gasteiger partial charge in [0.15, 0.2) is 5.78 Å². The molecule has 1 aromatic rings. The minimum absolute atomic E-state index is 0.0207. The number of alkyl halides is 3. The van der Waals surface area contributed by atoms with Crippen LogP contribution in [-0.2, 0) is 15.8 Å². The fraction of sp³-hybridized carbons (Fsp3) is 0.526. The molecule has 0 aromatic heterocycles. The van der Waals surface area contributed by atoms with Crippen molar-refractivity contribution in [2.45, 2.75) is 39.3 Å². The van der Waals surface area contributed by atoms with E-state index >= 15 is 0 Å². The highest BCUT2D eigenvalue weighted by Crippen LogP contribution is 2.30. The number of hydrogen-bond donors (Lipinski definition) is 0. The van der Waals surface area contributed by atoms with Crippen LogP contribution >= 0.6 is 0 Å². The van der Waals surface area contributed by atoms with Gasteiger partial charge in [-0.15, -0.1) is 0 Å². The number of ketones is 2. The fourth-order valence-electron chi connectivity index (χ4n) is 3.09. The lowest BCUT2D eigenvalue weighted by Gasteiger charge is -2.31. The smallest absolute Gasteiger partial charge is 0.335 e. The predicted octanol–water partition coefficient (Wildman–Crippen LogP) is 3.74.